The van der Waals surface area contributed by atoms with Crippen molar-refractivity contribution in [3.63, 3.8) is 0 Å². The van der Waals surface area contributed by atoms with Gasteiger partial charge in [0.05, 0.1) is 19.8 Å². The SMILES string of the molecule is CCCCCCC/C=C\C/C=C\C/C=C\CCCCCCCCCOCC(COP(=O)(O)OCC(N)C(=O)O)OC(=O)CCCCCCCCC. The maximum absolute atomic E-state index is 12.5. The number of carbonyl (C=O) groups is 2. The Hall–Kier alpha value is -1.81. The van der Waals surface area contributed by atoms with Crippen LogP contribution < -0.4 is 5.73 Å². The first kappa shape index (κ1) is 49.2. The average Bonchev–Trinajstić information content (AvgIpc) is 3.10. The number of phosphoric ester groups is 1. The van der Waals surface area contributed by atoms with Gasteiger partial charge in [0.15, 0.2) is 0 Å². The van der Waals surface area contributed by atoms with Crippen LogP contribution in [-0.4, -0.2) is 60.5 Å². The molecule has 0 aliphatic heterocycles. The predicted octanol–water partition coefficient (Wildman–Crippen LogP) is 10.5. The van der Waals surface area contributed by atoms with Crippen LogP contribution in [0.25, 0.3) is 0 Å². The van der Waals surface area contributed by atoms with Gasteiger partial charge in [-0.15, -0.1) is 0 Å². The monoisotopic (exact) mass is 744 g/mol. The van der Waals surface area contributed by atoms with Crippen LogP contribution in [-0.2, 0) is 32.7 Å². The molecular weight excluding hydrogens is 669 g/mol. The van der Waals surface area contributed by atoms with Crippen LogP contribution >= 0.6 is 7.82 Å². The number of ether oxygens (including phenoxy) is 2. The molecule has 0 spiro atoms. The summed E-state index contributed by atoms with van der Waals surface area (Å²) in [4.78, 5) is 33.2. The van der Waals surface area contributed by atoms with E-state index in [4.69, 9.17) is 24.8 Å². The molecule has 0 aromatic carbocycles. The largest absolute Gasteiger partial charge is 0.480 e. The molecule has 0 heterocycles. The van der Waals surface area contributed by atoms with Gasteiger partial charge in [0.2, 0.25) is 0 Å². The molecule has 0 bridgehead atoms. The van der Waals surface area contributed by atoms with Crippen LogP contribution in [0.4, 0.5) is 0 Å². The first-order valence-electron chi connectivity index (χ1n) is 20.0. The number of allylic oxidation sites excluding steroid dienone is 6. The van der Waals surface area contributed by atoms with Crippen LogP contribution in [0.2, 0.25) is 0 Å². The highest BCUT2D eigenvalue weighted by molar-refractivity contribution is 7.47. The molecule has 0 saturated heterocycles. The third-order valence-electron chi connectivity index (χ3n) is 8.42. The van der Waals surface area contributed by atoms with Gasteiger partial charge in [0.1, 0.15) is 12.1 Å². The number of aliphatic carboxylic acids is 1. The fourth-order valence-electron chi connectivity index (χ4n) is 5.26. The molecule has 298 valence electrons. The molecule has 4 N–H and O–H groups in total. The molecule has 0 aliphatic rings. The lowest BCUT2D eigenvalue weighted by atomic mass is 10.1. The number of nitrogens with two attached hydrogens (primary N) is 1. The number of hydrogen-bond acceptors (Lipinski definition) is 8. The van der Waals surface area contributed by atoms with Crippen molar-refractivity contribution >= 4 is 19.8 Å². The lowest BCUT2D eigenvalue weighted by Crippen LogP contribution is -2.34. The Kier molecular flexibility index (Phi) is 35.2. The maximum Gasteiger partial charge on any atom is 0.472 e. The van der Waals surface area contributed by atoms with E-state index in [1.54, 1.807) is 0 Å². The van der Waals surface area contributed by atoms with Gasteiger partial charge in [-0.25, -0.2) is 4.57 Å². The number of carboxylic acid groups (broad SMARTS) is 1. The number of phosphoric acid groups is 1. The van der Waals surface area contributed by atoms with E-state index in [9.17, 15) is 19.0 Å². The summed E-state index contributed by atoms with van der Waals surface area (Å²) < 4.78 is 33.1. The van der Waals surface area contributed by atoms with Gasteiger partial charge in [-0.05, 0) is 51.4 Å². The van der Waals surface area contributed by atoms with Gasteiger partial charge in [-0.2, -0.15) is 0 Å². The second-order valence-electron chi connectivity index (χ2n) is 13.4. The summed E-state index contributed by atoms with van der Waals surface area (Å²) in [5, 5.41) is 8.85. The number of hydrogen-bond donors (Lipinski definition) is 3. The summed E-state index contributed by atoms with van der Waals surface area (Å²) in [6.45, 7) is 3.78. The van der Waals surface area contributed by atoms with Crippen molar-refractivity contribution in [3.05, 3.63) is 36.5 Å². The van der Waals surface area contributed by atoms with Crippen molar-refractivity contribution in [2.24, 2.45) is 5.73 Å². The molecule has 0 saturated carbocycles. The van der Waals surface area contributed by atoms with Crippen molar-refractivity contribution in [2.75, 3.05) is 26.4 Å². The molecule has 10 nitrogen and oxygen atoms in total. The first-order chi connectivity index (χ1) is 24.7. The van der Waals surface area contributed by atoms with Crippen LogP contribution in [0, 0.1) is 0 Å². The molecule has 51 heavy (non-hydrogen) atoms. The Morgan fingerprint density at radius 2 is 1.08 bits per heavy atom. The van der Waals surface area contributed by atoms with E-state index in [0.29, 0.717) is 13.0 Å². The third kappa shape index (κ3) is 36.3. The molecule has 0 radical (unpaired) electrons. The van der Waals surface area contributed by atoms with Crippen molar-refractivity contribution < 1.29 is 42.7 Å². The number of carbonyl (C=O) groups excluding carboxylic acids is 1. The Bertz CT molecular complexity index is 956. The highest BCUT2D eigenvalue weighted by Gasteiger charge is 2.27. The summed E-state index contributed by atoms with van der Waals surface area (Å²) in [6.07, 6.45) is 39.4. The van der Waals surface area contributed by atoms with E-state index in [-0.39, 0.29) is 13.0 Å². The zero-order valence-corrected chi connectivity index (χ0v) is 33.1. The minimum atomic E-state index is -4.61. The van der Waals surface area contributed by atoms with Gasteiger partial charge in [0, 0.05) is 13.0 Å². The van der Waals surface area contributed by atoms with Crippen LogP contribution in [0.15, 0.2) is 36.5 Å². The van der Waals surface area contributed by atoms with Gasteiger partial charge in [-0.3, -0.25) is 18.6 Å². The number of rotatable bonds is 38. The average molecular weight is 744 g/mol. The highest BCUT2D eigenvalue weighted by Crippen LogP contribution is 2.43. The zero-order chi connectivity index (χ0) is 37.7. The fraction of sp³-hybridized carbons (Fsp3) is 0.800. The quantitative estimate of drug-likeness (QED) is 0.0241. The molecule has 0 fully saturated rings. The van der Waals surface area contributed by atoms with Crippen LogP contribution in [0.1, 0.15) is 168 Å². The lowest BCUT2D eigenvalue weighted by Gasteiger charge is -2.20. The Morgan fingerprint density at radius 3 is 1.61 bits per heavy atom. The molecule has 0 aliphatic carbocycles. The van der Waals surface area contributed by atoms with Crippen molar-refractivity contribution in [1.29, 1.82) is 0 Å². The Balaban J connectivity index is 4.13. The second-order valence-corrected chi connectivity index (χ2v) is 14.9. The highest BCUT2D eigenvalue weighted by atomic mass is 31.2. The van der Waals surface area contributed by atoms with E-state index in [1.165, 1.54) is 83.5 Å². The number of unbranched alkanes of at least 4 members (excludes halogenated alkanes) is 18. The predicted molar refractivity (Wildman–Crippen MR) is 208 cm³/mol. The third-order valence-corrected chi connectivity index (χ3v) is 9.37. The summed E-state index contributed by atoms with van der Waals surface area (Å²) >= 11 is 0. The standard InChI is InChI=1S/C40H74NO9P/c1-3-5-7-9-11-12-13-14-15-16-17-18-19-20-21-22-23-24-25-27-29-31-33-47-34-37(35-48-51(45,46)49-36-38(41)40(43)44)50-39(42)32-30-28-26-10-8-6-4-2/h13-14,16-17,19-20,37-38H,3-12,15,18,21-36,41H2,1-2H3,(H,43,44)(H,45,46)/b14-13-,17-16-,20-19-. The minimum absolute atomic E-state index is 0.0109. The Morgan fingerprint density at radius 1 is 0.627 bits per heavy atom. The topological polar surface area (TPSA) is 155 Å². The van der Waals surface area contributed by atoms with E-state index >= 15 is 0 Å². The van der Waals surface area contributed by atoms with E-state index in [2.05, 4.69) is 54.8 Å². The summed E-state index contributed by atoms with van der Waals surface area (Å²) in [7, 11) is -4.61. The molecule has 0 amide bonds. The van der Waals surface area contributed by atoms with Gasteiger partial charge < -0.3 is 25.2 Å². The summed E-state index contributed by atoms with van der Waals surface area (Å²) in [5.74, 6) is -1.79. The fourth-order valence-corrected chi connectivity index (χ4v) is 6.03. The lowest BCUT2D eigenvalue weighted by molar-refractivity contribution is -0.154. The summed E-state index contributed by atoms with van der Waals surface area (Å²) in [5.41, 5.74) is 5.33. The molecular formula is C40H74NO9P. The van der Waals surface area contributed by atoms with Gasteiger partial charge >= 0.3 is 19.8 Å². The molecule has 0 aromatic rings. The zero-order valence-electron chi connectivity index (χ0n) is 32.2. The van der Waals surface area contributed by atoms with Crippen LogP contribution in [0.3, 0.4) is 0 Å². The molecule has 11 heteroatoms. The van der Waals surface area contributed by atoms with Crippen LogP contribution in [0.5, 0.6) is 0 Å². The van der Waals surface area contributed by atoms with Gasteiger partial charge in [0.25, 0.3) is 0 Å². The first-order valence-corrected chi connectivity index (χ1v) is 21.5. The second kappa shape index (κ2) is 36.5. The van der Waals surface area contributed by atoms with Crippen molar-refractivity contribution in [3.8, 4) is 0 Å². The van der Waals surface area contributed by atoms with Gasteiger partial charge in [-0.1, -0.05) is 147 Å². The minimum Gasteiger partial charge on any atom is -0.480 e. The van der Waals surface area contributed by atoms with Crippen molar-refractivity contribution in [1.82, 2.24) is 0 Å². The van der Waals surface area contributed by atoms with Crippen molar-refractivity contribution in [2.45, 2.75) is 180 Å². The van der Waals surface area contributed by atoms with E-state index in [1.807, 2.05) is 0 Å². The Labute approximate surface area is 310 Å². The smallest absolute Gasteiger partial charge is 0.472 e. The maximum atomic E-state index is 12.5. The summed E-state index contributed by atoms with van der Waals surface area (Å²) in [6, 6.07) is -1.47. The number of carboxylic acids is 1. The van der Waals surface area contributed by atoms with E-state index < -0.39 is 45.1 Å². The number of esters is 1. The molecule has 3 atom stereocenters. The van der Waals surface area contributed by atoms with E-state index in [0.717, 1.165) is 57.8 Å². The normalized spacial score (nSPS) is 14.4. The molecule has 0 rings (SSSR count). The molecule has 0 aromatic heterocycles. The molecule has 3 unspecified atom stereocenters.